The molecule has 0 saturated heterocycles. The molecule has 0 aliphatic rings. The summed E-state index contributed by atoms with van der Waals surface area (Å²) in [5.74, 6) is 0.619. The average Bonchev–Trinajstić information content (AvgIpc) is 3.01. The number of hydrogen-bond acceptors (Lipinski definition) is 5. The molecule has 0 aliphatic carbocycles. The molecule has 0 aliphatic heterocycles. The fourth-order valence-corrected chi connectivity index (χ4v) is 2.79. The summed E-state index contributed by atoms with van der Waals surface area (Å²) in [6.45, 7) is 1.67. The standard InChI is InChI=1S/C20H19ClN4O3/c1-14-16(20(21)24-25(14)15-8-4-3-5-9-15)12-22-23-19(26)13-28-18-11-7-6-10-17(18)27-2/h3-12H,13H2,1-2H3,(H,23,26)/b22-12-. The number of hydrazone groups is 1. The van der Waals surface area contributed by atoms with Gasteiger partial charge in [-0.15, -0.1) is 0 Å². The zero-order valence-corrected chi connectivity index (χ0v) is 16.2. The summed E-state index contributed by atoms with van der Waals surface area (Å²) in [5.41, 5.74) is 4.72. The van der Waals surface area contributed by atoms with E-state index < -0.39 is 5.91 Å². The van der Waals surface area contributed by atoms with Gasteiger partial charge in [-0.3, -0.25) is 4.79 Å². The minimum Gasteiger partial charge on any atom is -0.493 e. The normalized spacial score (nSPS) is 10.8. The number of para-hydroxylation sites is 3. The Hall–Kier alpha value is -3.32. The molecule has 7 nitrogen and oxygen atoms in total. The van der Waals surface area contributed by atoms with Crippen molar-refractivity contribution in [2.45, 2.75) is 6.92 Å². The number of nitrogens with zero attached hydrogens (tertiary/aromatic N) is 3. The zero-order valence-electron chi connectivity index (χ0n) is 15.4. The minimum absolute atomic E-state index is 0.201. The van der Waals surface area contributed by atoms with E-state index in [1.165, 1.54) is 13.3 Å². The molecule has 2 aromatic carbocycles. The lowest BCUT2D eigenvalue weighted by Gasteiger charge is -2.09. The van der Waals surface area contributed by atoms with Crippen molar-refractivity contribution in [2.24, 2.45) is 5.10 Å². The monoisotopic (exact) mass is 398 g/mol. The maximum absolute atomic E-state index is 12.0. The van der Waals surface area contributed by atoms with Gasteiger partial charge in [-0.1, -0.05) is 41.9 Å². The molecule has 0 spiro atoms. The van der Waals surface area contributed by atoms with Gasteiger partial charge in [0.05, 0.1) is 30.3 Å². The second-order valence-electron chi connectivity index (χ2n) is 5.77. The Labute approximate surface area is 167 Å². The second-order valence-corrected chi connectivity index (χ2v) is 6.13. The number of ether oxygens (including phenoxy) is 2. The Bertz CT molecular complexity index is 986. The Morgan fingerprint density at radius 1 is 1.18 bits per heavy atom. The molecule has 8 heteroatoms. The van der Waals surface area contributed by atoms with Crippen LogP contribution in [-0.2, 0) is 4.79 Å². The number of carbonyl (C=O) groups is 1. The maximum atomic E-state index is 12.0. The Morgan fingerprint density at radius 3 is 2.57 bits per heavy atom. The van der Waals surface area contributed by atoms with Gasteiger partial charge in [-0.25, -0.2) is 10.1 Å². The van der Waals surface area contributed by atoms with Crippen LogP contribution in [0.15, 0.2) is 59.7 Å². The summed E-state index contributed by atoms with van der Waals surface area (Å²) in [6.07, 6.45) is 1.46. The number of amides is 1. The number of benzene rings is 2. The van der Waals surface area contributed by atoms with Crippen molar-refractivity contribution in [3.8, 4) is 17.2 Å². The van der Waals surface area contributed by atoms with Crippen molar-refractivity contribution in [1.29, 1.82) is 0 Å². The summed E-state index contributed by atoms with van der Waals surface area (Å²) in [4.78, 5) is 12.0. The van der Waals surface area contributed by atoms with Gasteiger partial charge in [0.25, 0.3) is 5.91 Å². The second kappa shape index (κ2) is 9.05. The topological polar surface area (TPSA) is 77.7 Å². The van der Waals surface area contributed by atoms with Crippen LogP contribution in [0.2, 0.25) is 5.15 Å². The van der Waals surface area contributed by atoms with Gasteiger partial charge < -0.3 is 9.47 Å². The van der Waals surface area contributed by atoms with Gasteiger partial charge in [-0.05, 0) is 31.2 Å². The van der Waals surface area contributed by atoms with Gasteiger partial charge >= 0.3 is 0 Å². The van der Waals surface area contributed by atoms with E-state index in [1.54, 1.807) is 22.9 Å². The molecule has 3 aromatic rings. The number of rotatable bonds is 7. The summed E-state index contributed by atoms with van der Waals surface area (Å²) in [6, 6.07) is 16.7. The first-order valence-corrected chi connectivity index (χ1v) is 8.86. The van der Waals surface area contributed by atoms with Crippen LogP contribution in [0.4, 0.5) is 0 Å². The fraction of sp³-hybridized carbons (Fsp3) is 0.150. The van der Waals surface area contributed by atoms with Crippen LogP contribution >= 0.6 is 11.6 Å². The molecule has 1 aromatic heterocycles. The van der Waals surface area contributed by atoms with Gasteiger partial charge in [-0.2, -0.15) is 10.2 Å². The molecular formula is C20H19ClN4O3. The van der Waals surface area contributed by atoms with Crippen molar-refractivity contribution in [1.82, 2.24) is 15.2 Å². The third-order valence-electron chi connectivity index (χ3n) is 3.93. The number of hydrogen-bond donors (Lipinski definition) is 1. The lowest BCUT2D eigenvalue weighted by Crippen LogP contribution is -2.24. The predicted molar refractivity (Wildman–Crippen MR) is 108 cm³/mol. The highest BCUT2D eigenvalue weighted by Crippen LogP contribution is 2.25. The van der Waals surface area contributed by atoms with Crippen molar-refractivity contribution >= 4 is 23.7 Å². The molecule has 144 valence electrons. The van der Waals surface area contributed by atoms with Crippen LogP contribution in [0, 0.1) is 6.92 Å². The zero-order chi connectivity index (χ0) is 19.9. The highest BCUT2D eigenvalue weighted by molar-refractivity contribution is 6.32. The first kappa shape index (κ1) is 19.4. The summed E-state index contributed by atoms with van der Waals surface area (Å²) in [5, 5.41) is 8.56. The van der Waals surface area contributed by atoms with Crippen LogP contribution in [0.5, 0.6) is 11.5 Å². The quantitative estimate of drug-likeness (QED) is 0.489. The first-order chi connectivity index (χ1) is 13.6. The average molecular weight is 399 g/mol. The van der Waals surface area contributed by atoms with Crippen LogP contribution in [-0.4, -0.2) is 35.6 Å². The molecule has 0 atom stereocenters. The molecule has 1 N–H and O–H groups in total. The van der Waals surface area contributed by atoms with Gasteiger partial charge in [0.15, 0.2) is 23.3 Å². The molecule has 3 rings (SSSR count). The Balaban J connectivity index is 1.62. The molecule has 0 bridgehead atoms. The van der Waals surface area contributed by atoms with E-state index in [0.29, 0.717) is 22.2 Å². The maximum Gasteiger partial charge on any atom is 0.277 e. The fourth-order valence-electron chi connectivity index (χ4n) is 2.53. The minimum atomic E-state index is -0.411. The Morgan fingerprint density at radius 2 is 1.86 bits per heavy atom. The van der Waals surface area contributed by atoms with Crippen LogP contribution in [0.3, 0.4) is 0 Å². The number of methoxy groups -OCH3 is 1. The summed E-state index contributed by atoms with van der Waals surface area (Å²) < 4.78 is 12.3. The van der Waals surface area contributed by atoms with E-state index in [0.717, 1.165) is 11.4 Å². The van der Waals surface area contributed by atoms with Crippen molar-refractivity contribution in [2.75, 3.05) is 13.7 Å². The van der Waals surface area contributed by atoms with E-state index in [-0.39, 0.29) is 6.61 Å². The molecule has 0 radical (unpaired) electrons. The molecular weight excluding hydrogens is 380 g/mol. The van der Waals surface area contributed by atoms with Gasteiger partial charge in [0, 0.05) is 0 Å². The predicted octanol–water partition coefficient (Wildman–Crippen LogP) is 3.37. The van der Waals surface area contributed by atoms with E-state index in [9.17, 15) is 4.79 Å². The molecule has 0 fully saturated rings. The third-order valence-corrected chi connectivity index (χ3v) is 4.21. The largest absolute Gasteiger partial charge is 0.493 e. The molecule has 1 amide bonds. The number of carbonyl (C=O) groups excluding carboxylic acids is 1. The van der Waals surface area contributed by atoms with Crippen LogP contribution < -0.4 is 14.9 Å². The van der Waals surface area contributed by atoms with Gasteiger partial charge in [0.1, 0.15) is 0 Å². The summed E-state index contributed by atoms with van der Waals surface area (Å²) >= 11 is 6.22. The lowest BCUT2D eigenvalue weighted by molar-refractivity contribution is -0.123. The number of aromatic nitrogens is 2. The van der Waals surface area contributed by atoms with Crippen LogP contribution in [0.1, 0.15) is 11.3 Å². The van der Waals surface area contributed by atoms with E-state index in [4.69, 9.17) is 21.1 Å². The number of nitrogens with one attached hydrogen (secondary N) is 1. The van der Waals surface area contributed by atoms with Crippen molar-refractivity contribution in [3.63, 3.8) is 0 Å². The molecule has 0 unspecified atom stereocenters. The SMILES string of the molecule is COc1ccccc1OCC(=O)N/N=C\c1c(Cl)nn(-c2ccccc2)c1C. The smallest absolute Gasteiger partial charge is 0.277 e. The highest BCUT2D eigenvalue weighted by atomic mass is 35.5. The molecule has 1 heterocycles. The number of halogens is 1. The van der Waals surface area contributed by atoms with E-state index in [1.807, 2.05) is 43.3 Å². The van der Waals surface area contributed by atoms with Crippen molar-refractivity contribution < 1.29 is 14.3 Å². The third kappa shape index (κ3) is 4.50. The van der Waals surface area contributed by atoms with Gasteiger partial charge in [0.2, 0.25) is 0 Å². The summed E-state index contributed by atoms with van der Waals surface area (Å²) in [7, 11) is 1.54. The van der Waals surface area contributed by atoms with E-state index in [2.05, 4.69) is 15.6 Å². The van der Waals surface area contributed by atoms with E-state index >= 15 is 0 Å². The highest BCUT2D eigenvalue weighted by Gasteiger charge is 2.13. The molecule has 28 heavy (non-hydrogen) atoms. The van der Waals surface area contributed by atoms with Crippen molar-refractivity contribution in [3.05, 3.63) is 71.0 Å². The lowest BCUT2D eigenvalue weighted by atomic mass is 10.2. The Kier molecular flexibility index (Phi) is 6.29. The first-order valence-electron chi connectivity index (χ1n) is 8.48. The van der Waals surface area contributed by atoms with Crippen LogP contribution in [0.25, 0.3) is 5.69 Å². The molecule has 0 saturated carbocycles.